The van der Waals surface area contributed by atoms with Gasteiger partial charge in [0.2, 0.25) is 5.91 Å². The van der Waals surface area contributed by atoms with Crippen LogP contribution < -0.4 is 10.6 Å². The molecule has 128 valence electrons. The van der Waals surface area contributed by atoms with Gasteiger partial charge in [-0.25, -0.2) is 0 Å². The lowest BCUT2D eigenvalue weighted by molar-refractivity contribution is -0.120. The van der Waals surface area contributed by atoms with Gasteiger partial charge in [-0.2, -0.15) is 0 Å². The minimum atomic E-state index is 0. The number of carbonyl (C=O) groups is 1. The molecule has 1 aromatic rings. The van der Waals surface area contributed by atoms with Gasteiger partial charge >= 0.3 is 0 Å². The molecule has 2 aliphatic heterocycles. The highest BCUT2D eigenvalue weighted by Gasteiger charge is 2.25. The summed E-state index contributed by atoms with van der Waals surface area (Å²) in [4.78, 5) is 19.3. The Morgan fingerprint density at radius 2 is 1.74 bits per heavy atom. The monoisotopic (exact) mass is 338 g/mol. The third kappa shape index (κ3) is 4.44. The summed E-state index contributed by atoms with van der Waals surface area (Å²) in [6.45, 7) is 7.00. The van der Waals surface area contributed by atoms with Crippen LogP contribution >= 0.6 is 12.4 Å². The number of para-hydroxylation sites is 1. The predicted molar refractivity (Wildman–Crippen MR) is 96.3 cm³/mol. The van der Waals surface area contributed by atoms with Crippen LogP contribution in [0.1, 0.15) is 12.0 Å². The van der Waals surface area contributed by atoms with Gasteiger partial charge in [-0.15, -0.1) is 12.4 Å². The van der Waals surface area contributed by atoms with Gasteiger partial charge in [0.15, 0.2) is 0 Å². The fraction of sp³-hybridized carbons (Fsp3) is 0.588. The van der Waals surface area contributed by atoms with Gasteiger partial charge in [0.05, 0.1) is 6.54 Å². The third-order valence-electron chi connectivity index (χ3n) is 4.68. The first kappa shape index (κ1) is 18.2. The van der Waals surface area contributed by atoms with E-state index in [1.54, 1.807) is 0 Å². The van der Waals surface area contributed by atoms with Crippen LogP contribution in [0.3, 0.4) is 0 Å². The number of rotatable bonds is 4. The Kier molecular flexibility index (Phi) is 6.84. The van der Waals surface area contributed by atoms with E-state index in [1.807, 2.05) is 11.0 Å². The van der Waals surface area contributed by atoms with E-state index in [4.69, 9.17) is 5.73 Å². The number of benzene rings is 1. The summed E-state index contributed by atoms with van der Waals surface area (Å²) in [6, 6.07) is 8.30. The summed E-state index contributed by atoms with van der Waals surface area (Å²) in [6.07, 6.45) is 2.14. The summed E-state index contributed by atoms with van der Waals surface area (Å²) >= 11 is 0. The molecule has 2 heterocycles. The van der Waals surface area contributed by atoms with E-state index in [9.17, 15) is 4.79 Å². The lowest BCUT2D eigenvalue weighted by atomic mass is 10.0. The Morgan fingerprint density at radius 3 is 2.48 bits per heavy atom. The zero-order valence-corrected chi connectivity index (χ0v) is 14.4. The molecule has 0 atom stereocenters. The summed E-state index contributed by atoms with van der Waals surface area (Å²) in [5.41, 5.74) is 8.01. The number of fused-ring (bicyclic) bond motifs is 1. The first-order valence-electron chi connectivity index (χ1n) is 8.31. The van der Waals surface area contributed by atoms with Crippen molar-refractivity contribution < 1.29 is 4.79 Å². The van der Waals surface area contributed by atoms with Gasteiger partial charge < -0.3 is 10.6 Å². The van der Waals surface area contributed by atoms with E-state index in [2.05, 4.69) is 28.0 Å². The number of hydrogen-bond acceptors (Lipinski definition) is 4. The number of aryl methyl sites for hydroxylation is 1. The second-order valence-electron chi connectivity index (χ2n) is 6.18. The van der Waals surface area contributed by atoms with Gasteiger partial charge in [0.1, 0.15) is 0 Å². The maximum absolute atomic E-state index is 12.7. The summed E-state index contributed by atoms with van der Waals surface area (Å²) in [5.74, 6) is 0.236. The molecular weight excluding hydrogens is 312 g/mol. The molecule has 0 spiro atoms. The van der Waals surface area contributed by atoms with Crippen LogP contribution in [0.4, 0.5) is 5.69 Å². The van der Waals surface area contributed by atoms with Crippen molar-refractivity contribution in [3.8, 4) is 0 Å². The molecule has 6 heteroatoms. The topological polar surface area (TPSA) is 52.8 Å². The Balaban J connectivity index is 0.00000192. The highest BCUT2D eigenvalue weighted by molar-refractivity contribution is 5.95. The molecule has 2 aliphatic rings. The maximum atomic E-state index is 12.7. The van der Waals surface area contributed by atoms with Crippen LogP contribution in [-0.4, -0.2) is 68.1 Å². The molecule has 0 radical (unpaired) electrons. The van der Waals surface area contributed by atoms with Crippen LogP contribution in [0.2, 0.25) is 0 Å². The molecule has 0 aliphatic carbocycles. The molecule has 0 unspecified atom stereocenters. The van der Waals surface area contributed by atoms with Crippen molar-refractivity contribution in [3.05, 3.63) is 29.8 Å². The Bertz CT molecular complexity index is 517. The Hall–Kier alpha value is -1.14. The van der Waals surface area contributed by atoms with Crippen LogP contribution in [-0.2, 0) is 11.2 Å². The average Bonchev–Trinajstić information content (AvgIpc) is 2.56. The highest BCUT2D eigenvalue weighted by Crippen LogP contribution is 2.26. The van der Waals surface area contributed by atoms with Gasteiger partial charge in [0.25, 0.3) is 0 Å². The molecule has 0 saturated carbocycles. The number of nitrogens with two attached hydrogens (primary N) is 1. The van der Waals surface area contributed by atoms with E-state index < -0.39 is 0 Å². The van der Waals surface area contributed by atoms with E-state index in [-0.39, 0.29) is 18.3 Å². The Labute approximate surface area is 144 Å². The SMILES string of the molecule is Cl.NCCN1CCN(CC(=O)N2CCCc3ccccc32)CC1. The molecule has 1 fully saturated rings. The smallest absolute Gasteiger partial charge is 0.241 e. The molecule has 0 aromatic heterocycles. The zero-order chi connectivity index (χ0) is 15.4. The van der Waals surface area contributed by atoms with E-state index in [1.165, 1.54) is 5.56 Å². The highest BCUT2D eigenvalue weighted by atomic mass is 35.5. The van der Waals surface area contributed by atoms with Crippen LogP contribution in [0.15, 0.2) is 24.3 Å². The standard InChI is InChI=1S/C17H26N4O.ClH/c18-7-9-19-10-12-20(13-11-19)14-17(22)21-8-3-5-15-4-1-2-6-16(15)21;/h1-2,4,6H,3,5,7-14,18H2;1H. The molecular formula is C17H27ClN4O. The number of anilines is 1. The molecule has 2 N–H and O–H groups in total. The van der Waals surface area contributed by atoms with Crippen LogP contribution in [0, 0.1) is 0 Å². The number of amides is 1. The number of hydrogen-bond donors (Lipinski definition) is 1. The molecule has 1 saturated heterocycles. The summed E-state index contributed by atoms with van der Waals surface area (Å²) in [5, 5.41) is 0. The van der Waals surface area contributed by atoms with Gasteiger partial charge in [-0.05, 0) is 24.5 Å². The predicted octanol–water partition coefficient (Wildman–Crippen LogP) is 0.964. The second kappa shape index (κ2) is 8.64. The number of nitrogens with zero attached hydrogens (tertiary/aromatic N) is 3. The van der Waals surface area contributed by atoms with Crippen molar-refractivity contribution in [2.45, 2.75) is 12.8 Å². The van der Waals surface area contributed by atoms with Crippen molar-refractivity contribution >= 4 is 24.0 Å². The third-order valence-corrected chi connectivity index (χ3v) is 4.68. The molecule has 23 heavy (non-hydrogen) atoms. The number of halogens is 1. The lowest BCUT2D eigenvalue weighted by Crippen LogP contribution is -2.51. The molecule has 3 rings (SSSR count). The Morgan fingerprint density at radius 1 is 1.04 bits per heavy atom. The lowest BCUT2D eigenvalue weighted by Gasteiger charge is -2.36. The fourth-order valence-electron chi connectivity index (χ4n) is 3.42. The maximum Gasteiger partial charge on any atom is 0.241 e. The van der Waals surface area contributed by atoms with E-state index in [0.717, 1.165) is 57.8 Å². The van der Waals surface area contributed by atoms with E-state index >= 15 is 0 Å². The number of piperazine rings is 1. The largest absolute Gasteiger partial charge is 0.329 e. The van der Waals surface area contributed by atoms with Crippen LogP contribution in [0.25, 0.3) is 0 Å². The van der Waals surface area contributed by atoms with Crippen molar-refractivity contribution in [1.29, 1.82) is 0 Å². The van der Waals surface area contributed by atoms with Gasteiger partial charge in [-0.1, -0.05) is 18.2 Å². The minimum absolute atomic E-state index is 0. The van der Waals surface area contributed by atoms with Crippen molar-refractivity contribution in [2.75, 3.05) is 57.3 Å². The van der Waals surface area contributed by atoms with Gasteiger partial charge in [-0.3, -0.25) is 14.6 Å². The van der Waals surface area contributed by atoms with Crippen LogP contribution in [0.5, 0.6) is 0 Å². The average molecular weight is 339 g/mol. The van der Waals surface area contributed by atoms with E-state index in [0.29, 0.717) is 13.1 Å². The van der Waals surface area contributed by atoms with Crippen molar-refractivity contribution in [1.82, 2.24) is 9.80 Å². The van der Waals surface area contributed by atoms with Gasteiger partial charge in [0, 0.05) is 51.5 Å². The molecule has 1 aromatic carbocycles. The zero-order valence-electron chi connectivity index (χ0n) is 13.6. The van der Waals surface area contributed by atoms with Crippen molar-refractivity contribution in [2.24, 2.45) is 5.73 Å². The quantitative estimate of drug-likeness (QED) is 0.888. The number of carbonyl (C=O) groups excluding carboxylic acids is 1. The summed E-state index contributed by atoms with van der Waals surface area (Å²) in [7, 11) is 0. The molecule has 1 amide bonds. The second-order valence-corrected chi connectivity index (χ2v) is 6.18. The fourth-order valence-corrected chi connectivity index (χ4v) is 3.42. The summed E-state index contributed by atoms with van der Waals surface area (Å²) < 4.78 is 0. The first-order chi connectivity index (χ1) is 10.8. The van der Waals surface area contributed by atoms with Crippen molar-refractivity contribution in [3.63, 3.8) is 0 Å². The first-order valence-corrected chi connectivity index (χ1v) is 8.31. The normalized spacial score (nSPS) is 19.1. The minimum Gasteiger partial charge on any atom is -0.329 e. The molecule has 5 nitrogen and oxygen atoms in total. The molecule has 0 bridgehead atoms.